The zero-order valence-corrected chi connectivity index (χ0v) is 12.9. The van der Waals surface area contributed by atoms with Crippen LogP contribution in [0.1, 0.15) is 17.3 Å². The Kier molecular flexibility index (Phi) is 4.27. The number of hydrogen-bond acceptors (Lipinski definition) is 3. The molecule has 1 aliphatic rings. The average molecular weight is 320 g/mol. The van der Waals surface area contributed by atoms with Gasteiger partial charge in [-0.25, -0.2) is 13.8 Å². The minimum atomic E-state index is -0.820. The Morgan fingerprint density at radius 2 is 1.83 bits per heavy atom. The zero-order valence-electron chi connectivity index (χ0n) is 12.9. The second-order valence-corrected chi connectivity index (χ2v) is 5.39. The minimum absolute atomic E-state index is 0.406. The highest BCUT2D eigenvalue weighted by Gasteiger charge is 2.27. The van der Waals surface area contributed by atoms with Crippen LogP contribution in [0.3, 0.4) is 0 Å². The molecule has 0 aliphatic carbocycles. The Morgan fingerprint density at radius 3 is 2.43 bits per heavy atom. The van der Waals surface area contributed by atoms with Gasteiger partial charge in [0.2, 0.25) is 5.95 Å². The molecule has 0 N–H and O–H groups in total. The summed E-state index contributed by atoms with van der Waals surface area (Å²) >= 11 is 0. The van der Waals surface area contributed by atoms with Crippen molar-refractivity contribution in [3.05, 3.63) is 47.8 Å². The summed E-state index contributed by atoms with van der Waals surface area (Å²) in [5.74, 6) is -1.38. The standard InChI is InChI=1S/C16H18F2N4O/c1-2-20-7-6-19-16(20)22-10-8-21(9-11-22)15(23)14-12(17)4-3-5-13(14)18/h3-7H,2,8-11H2,1H3. The number of amides is 1. The van der Waals surface area contributed by atoms with Gasteiger partial charge in [0.15, 0.2) is 0 Å². The van der Waals surface area contributed by atoms with Gasteiger partial charge in [-0.3, -0.25) is 4.79 Å². The number of rotatable bonds is 3. The molecule has 5 nitrogen and oxygen atoms in total. The van der Waals surface area contributed by atoms with E-state index in [1.165, 1.54) is 11.0 Å². The van der Waals surface area contributed by atoms with Crippen LogP contribution in [0.4, 0.5) is 14.7 Å². The summed E-state index contributed by atoms with van der Waals surface area (Å²) in [4.78, 5) is 20.3. The number of nitrogens with zero attached hydrogens (tertiary/aromatic N) is 4. The number of imidazole rings is 1. The van der Waals surface area contributed by atoms with Crippen molar-refractivity contribution >= 4 is 11.9 Å². The van der Waals surface area contributed by atoms with Crippen molar-refractivity contribution in [2.24, 2.45) is 0 Å². The molecule has 1 fully saturated rings. The largest absolute Gasteiger partial charge is 0.339 e. The molecule has 0 spiro atoms. The van der Waals surface area contributed by atoms with Gasteiger partial charge in [0.25, 0.3) is 5.91 Å². The van der Waals surface area contributed by atoms with E-state index in [0.717, 1.165) is 24.6 Å². The van der Waals surface area contributed by atoms with Crippen molar-refractivity contribution < 1.29 is 13.6 Å². The van der Waals surface area contributed by atoms with Crippen LogP contribution >= 0.6 is 0 Å². The van der Waals surface area contributed by atoms with Crippen LogP contribution in [0.2, 0.25) is 0 Å². The van der Waals surface area contributed by atoms with E-state index in [1.807, 2.05) is 17.7 Å². The van der Waals surface area contributed by atoms with Crippen molar-refractivity contribution in [2.45, 2.75) is 13.5 Å². The molecule has 3 rings (SSSR count). The number of halogens is 2. The molecule has 122 valence electrons. The fraction of sp³-hybridized carbons (Fsp3) is 0.375. The van der Waals surface area contributed by atoms with Gasteiger partial charge in [0, 0.05) is 45.1 Å². The fourth-order valence-corrected chi connectivity index (χ4v) is 2.80. The zero-order chi connectivity index (χ0) is 16.4. The molecule has 0 atom stereocenters. The summed E-state index contributed by atoms with van der Waals surface area (Å²) in [5, 5.41) is 0. The summed E-state index contributed by atoms with van der Waals surface area (Å²) < 4.78 is 29.5. The lowest BCUT2D eigenvalue weighted by Gasteiger charge is -2.35. The van der Waals surface area contributed by atoms with Crippen molar-refractivity contribution in [1.29, 1.82) is 0 Å². The van der Waals surface area contributed by atoms with Gasteiger partial charge in [-0.2, -0.15) is 0 Å². The van der Waals surface area contributed by atoms with Crippen molar-refractivity contribution in [1.82, 2.24) is 14.5 Å². The first kappa shape index (κ1) is 15.5. The predicted octanol–water partition coefficient (Wildman–Crippen LogP) is 2.14. The number of benzene rings is 1. The van der Waals surface area contributed by atoms with Gasteiger partial charge in [-0.15, -0.1) is 0 Å². The molecule has 1 amide bonds. The SMILES string of the molecule is CCn1ccnc1N1CCN(C(=O)c2c(F)cccc2F)CC1. The number of hydrogen-bond donors (Lipinski definition) is 0. The summed E-state index contributed by atoms with van der Waals surface area (Å²) in [6.07, 6.45) is 3.65. The van der Waals surface area contributed by atoms with Crippen LogP contribution in [0.15, 0.2) is 30.6 Å². The molecule has 1 aromatic carbocycles. The molecule has 0 saturated carbocycles. The van der Waals surface area contributed by atoms with Crippen molar-refractivity contribution in [2.75, 3.05) is 31.1 Å². The van der Waals surface area contributed by atoms with E-state index in [0.29, 0.717) is 26.2 Å². The van der Waals surface area contributed by atoms with Gasteiger partial charge in [0.05, 0.1) is 0 Å². The summed E-state index contributed by atoms with van der Waals surface area (Å²) in [7, 11) is 0. The molecule has 7 heteroatoms. The monoisotopic (exact) mass is 320 g/mol. The molecular weight excluding hydrogens is 302 g/mol. The summed E-state index contributed by atoms with van der Waals surface area (Å²) in [6, 6.07) is 3.46. The lowest BCUT2D eigenvalue weighted by molar-refractivity contribution is 0.0736. The van der Waals surface area contributed by atoms with Crippen LogP contribution in [-0.4, -0.2) is 46.5 Å². The normalized spacial score (nSPS) is 15.1. The van der Waals surface area contributed by atoms with Crippen molar-refractivity contribution in [3.8, 4) is 0 Å². The summed E-state index contributed by atoms with van der Waals surface area (Å²) in [6.45, 7) is 4.82. The lowest BCUT2D eigenvalue weighted by atomic mass is 10.1. The van der Waals surface area contributed by atoms with E-state index in [9.17, 15) is 13.6 Å². The molecule has 1 aliphatic heterocycles. The number of anilines is 1. The quantitative estimate of drug-likeness (QED) is 0.870. The minimum Gasteiger partial charge on any atom is -0.339 e. The number of carbonyl (C=O) groups is 1. The summed E-state index contributed by atoms with van der Waals surface area (Å²) in [5.41, 5.74) is -0.476. The maximum absolute atomic E-state index is 13.7. The molecule has 0 bridgehead atoms. The van der Waals surface area contributed by atoms with E-state index in [1.54, 1.807) is 6.20 Å². The van der Waals surface area contributed by atoms with E-state index in [4.69, 9.17) is 0 Å². The van der Waals surface area contributed by atoms with E-state index in [2.05, 4.69) is 9.88 Å². The second kappa shape index (κ2) is 6.36. The smallest absolute Gasteiger partial charge is 0.259 e. The van der Waals surface area contributed by atoms with Gasteiger partial charge in [-0.1, -0.05) is 6.07 Å². The first-order valence-electron chi connectivity index (χ1n) is 7.61. The first-order valence-corrected chi connectivity index (χ1v) is 7.61. The van der Waals surface area contributed by atoms with Crippen LogP contribution in [-0.2, 0) is 6.54 Å². The average Bonchev–Trinajstić information content (AvgIpc) is 3.03. The first-order chi connectivity index (χ1) is 11.1. The Balaban J connectivity index is 1.71. The van der Waals surface area contributed by atoms with Gasteiger partial charge in [0.1, 0.15) is 17.2 Å². The lowest BCUT2D eigenvalue weighted by Crippen LogP contribution is -2.49. The molecule has 1 aromatic heterocycles. The second-order valence-electron chi connectivity index (χ2n) is 5.39. The molecule has 0 radical (unpaired) electrons. The highest BCUT2D eigenvalue weighted by atomic mass is 19.1. The van der Waals surface area contributed by atoms with Crippen LogP contribution < -0.4 is 4.90 Å². The van der Waals surface area contributed by atoms with Gasteiger partial charge in [-0.05, 0) is 19.1 Å². The van der Waals surface area contributed by atoms with Crippen LogP contribution in [0.25, 0.3) is 0 Å². The molecular formula is C16H18F2N4O. The Hall–Kier alpha value is -2.44. The maximum Gasteiger partial charge on any atom is 0.259 e. The molecule has 23 heavy (non-hydrogen) atoms. The Morgan fingerprint density at radius 1 is 1.17 bits per heavy atom. The number of aromatic nitrogens is 2. The van der Waals surface area contributed by atoms with Gasteiger partial charge < -0.3 is 14.4 Å². The highest BCUT2D eigenvalue weighted by molar-refractivity contribution is 5.95. The topological polar surface area (TPSA) is 41.4 Å². The maximum atomic E-state index is 13.7. The van der Waals surface area contributed by atoms with Crippen molar-refractivity contribution in [3.63, 3.8) is 0 Å². The van der Waals surface area contributed by atoms with Crippen LogP contribution in [0, 0.1) is 11.6 Å². The third-order valence-corrected chi connectivity index (χ3v) is 4.06. The van der Waals surface area contributed by atoms with Crippen LogP contribution in [0.5, 0.6) is 0 Å². The fourth-order valence-electron chi connectivity index (χ4n) is 2.80. The third-order valence-electron chi connectivity index (χ3n) is 4.06. The third kappa shape index (κ3) is 2.91. The number of carbonyl (C=O) groups excluding carboxylic acids is 1. The Bertz CT molecular complexity index is 688. The van der Waals surface area contributed by atoms with E-state index >= 15 is 0 Å². The van der Waals surface area contributed by atoms with Gasteiger partial charge >= 0.3 is 0 Å². The Labute approximate surface area is 133 Å². The number of piperazine rings is 1. The van der Waals surface area contributed by atoms with E-state index in [-0.39, 0.29) is 0 Å². The molecule has 1 saturated heterocycles. The molecule has 0 unspecified atom stereocenters. The number of aryl methyl sites for hydroxylation is 1. The predicted molar refractivity (Wildman–Crippen MR) is 82.4 cm³/mol. The highest BCUT2D eigenvalue weighted by Crippen LogP contribution is 2.18. The molecule has 2 heterocycles. The molecule has 2 aromatic rings. The van der Waals surface area contributed by atoms with E-state index < -0.39 is 23.1 Å².